The fourth-order valence-electron chi connectivity index (χ4n) is 8.16. The summed E-state index contributed by atoms with van der Waals surface area (Å²) in [5, 5.41) is 4.49. The Balaban J connectivity index is 1.18. The molecule has 0 amide bonds. The average Bonchev–Trinajstić information content (AvgIpc) is 3.66. The van der Waals surface area contributed by atoms with Gasteiger partial charge in [0.25, 0.3) is 0 Å². The van der Waals surface area contributed by atoms with Crippen LogP contribution in [0.1, 0.15) is 25.0 Å². The van der Waals surface area contributed by atoms with Crippen molar-refractivity contribution in [1.29, 1.82) is 0 Å². The van der Waals surface area contributed by atoms with Crippen molar-refractivity contribution < 1.29 is 4.42 Å². The third-order valence-electron chi connectivity index (χ3n) is 10.5. The Hall–Kier alpha value is -6.32. The van der Waals surface area contributed by atoms with Crippen LogP contribution < -0.4 is 0 Å². The van der Waals surface area contributed by atoms with Crippen molar-refractivity contribution in [3.05, 3.63) is 169 Å². The SMILES string of the molecule is CC1(C)c2ccccc2-c2cccc(-c3ccc(-c4nc(-c5ccccc5)cc(-c5ccc6oc7ccccc7c6c5)n4)c4ccccc34)c21. The van der Waals surface area contributed by atoms with E-state index in [-0.39, 0.29) is 5.41 Å². The van der Waals surface area contributed by atoms with Crippen LogP contribution in [0, 0.1) is 0 Å². The summed E-state index contributed by atoms with van der Waals surface area (Å²) in [5.41, 5.74) is 14.4. The lowest BCUT2D eigenvalue weighted by molar-refractivity contribution is 0.662. The first-order valence-corrected chi connectivity index (χ1v) is 17.2. The Bertz CT molecular complexity index is 2790. The molecule has 236 valence electrons. The van der Waals surface area contributed by atoms with Gasteiger partial charge in [-0.25, -0.2) is 9.97 Å². The van der Waals surface area contributed by atoms with E-state index in [2.05, 4.69) is 153 Å². The van der Waals surface area contributed by atoms with E-state index in [1.807, 2.05) is 18.2 Å². The molecule has 0 saturated carbocycles. The Kier molecular flexibility index (Phi) is 6.22. The van der Waals surface area contributed by atoms with Gasteiger partial charge >= 0.3 is 0 Å². The predicted molar refractivity (Wildman–Crippen MR) is 206 cm³/mol. The number of fused-ring (bicyclic) bond motifs is 7. The molecule has 1 aliphatic rings. The van der Waals surface area contributed by atoms with Crippen LogP contribution in [0.5, 0.6) is 0 Å². The van der Waals surface area contributed by atoms with Crippen LogP contribution in [-0.4, -0.2) is 9.97 Å². The van der Waals surface area contributed by atoms with Gasteiger partial charge in [0.05, 0.1) is 11.4 Å². The van der Waals surface area contributed by atoms with E-state index in [1.54, 1.807) is 0 Å². The van der Waals surface area contributed by atoms with Crippen molar-refractivity contribution >= 4 is 32.7 Å². The second kappa shape index (κ2) is 10.8. The summed E-state index contributed by atoms with van der Waals surface area (Å²) in [6.07, 6.45) is 0. The van der Waals surface area contributed by atoms with Gasteiger partial charge < -0.3 is 4.42 Å². The predicted octanol–water partition coefficient (Wildman–Crippen LogP) is 12.5. The number of furan rings is 1. The van der Waals surface area contributed by atoms with Crippen LogP contribution in [0.25, 0.3) is 88.9 Å². The lowest BCUT2D eigenvalue weighted by Crippen LogP contribution is -2.16. The Morgan fingerprint density at radius 3 is 1.84 bits per heavy atom. The highest BCUT2D eigenvalue weighted by Gasteiger charge is 2.37. The van der Waals surface area contributed by atoms with Gasteiger partial charge in [0.1, 0.15) is 11.2 Å². The Morgan fingerprint density at radius 2 is 1.02 bits per heavy atom. The molecular formula is C47H32N2O. The van der Waals surface area contributed by atoms with Gasteiger partial charge in [0, 0.05) is 32.9 Å². The Morgan fingerprint density at radius 1 is 0.420 bits per heavy atom. The summed E-state index contributed by atoms with van der Waals surface area (Å²) in [7, 11) is 0. The number of rotatable bonds is 4. The first-order valence-electron chi connectivity index (χ1n) is 17.2. The van der Waals surface area contributed by atoms with Gasteiger partial charge in [-0.3, -0.25) is 0 Å². The lowest BCUT2D eigenvalue weighted by atomic mass is 9.78. The van der Waals surface area contributed by atoms with E-state index in [0.29, 0.717) is 5.82 Å². The highest BCUT2D eigenvalue weighted by atomic mass is 16.3. The molecule has 0 radical (unpaired) electrons. The number of hydrogen-bond acceptors (Lipinski definition) is 3. The number of benzene rings is 7. The van der Waals surface area contributed by atoms with Gasteiger partial charge in [-0.05, 0) is 80.6 Å². The first kappa shape index (κ1) is 28.7. The normalized spacial score (nSPS) is 13.2. The molecule has 3 nitrogen and oxygen atoms in total. The van der Waals surface area contributed by atoms with Crippen molar-refractivity contribution in [2.45, 2.75) is 19.3 Å². The summed E-state index contributed by atoms with van der Waals surface area (Å²) < 4.78 is 6.15. The Labute approximate surface area is 290 Å². The maximum Gasteiger partial charge on any atom is 0.161 e. The topological polar surface area (TPSA) is 38.9 Å². The van der Waals surface area contributed by atoms with Crippen LogP contribution in [0.2, 0.25) is 0 Å². The molecule has 0 fully saturated rings. The van der Waals surface area contributed by atoms with Gasteiger partial charge in [0.15, 0.2) is 5.82 Å². The fourth-order valence-corrected chi connectivity index (χ4v) is 8.16. The molecule has 3 heteroatoms. The van der Waals surface area contributed by atoms with E-state index in [0.717, 1.165) is 55.4 Å². The summed E-state index contributed by atoms with van der Waals surface area (Å²) >= 11 is 0. The molecule has 50 heavy (non-hydrogen) atoms. The van der Waals surface area contributed by atoms with E-state index in [1.165, 1.54) is 38.8 Å². The largest absolute Gasteiger partial charge is 0.456 e. The van der Waals surface area contributed by atoms with Crippen molar-refractivity contribution in [3.8, 4) is 56.2 Å². The van der Waals surface area contributed by atoms with Crippen LogP contribution in [0.3, 0.4) is 0 Å². The van der Waals surface area contributed by atoms with Crippen molar-refractivity contribution in [1.82, 2.24) is 9.97 Å². The van der Waals surface area contributed by atoms with Gasteiger partial charge in [-0.2, -0.15) is 0 Å². The van der Waals surface area contributed by atoms with E-state index < -0.39 is 0 Å². The first-order chi connectivity index (χ1) is 24.5. The molecular weight excluding hydrogens is 609 g/mol. The van der Waals surface area contributed by atoms with Gasteiger partial charge in [-0.15, -0.1) is 0 Å². The number of nitrogens with zero attached hydrogens (tertiary/aromatic N) is 2. The summed E-state index contributed by atoms with van der Waals surface area (Å²) in [6, 6.07) is 55.8. The molecule has 7 aromatic carbocycles. The second-order valence-electron chi connectivity index (χ2n) is 13.7. The van der Waals surface area contributed by atoms with Gasteiger partial charge in [0.2, 0.25) is 0 Å². The van der Waals surface area contributed by atoms with Crippen molar-refractivity contribution in [3.63, 3.8) is 0 Å². The molecule has 1 aliphatic carbocycles. The molecule has 0 saturated heterocycles. The minimum absolute atomic E-state index is 0.119. The van der Waals surface area contributed by atoms with E-state index >= 15 is 0 Å². The molecule has 9 aromatic rings. The summed E-state index contributed by atoms with van der Waals surface area (Å²) in [5.74, 6) is 0.701. The van der Waals surface area contributed by atoms with Crippen LogP contribution >= 0.6 is 0 Å². The van der Waals surface area contributed by atoms with E-state index in [4.69, 9.17) is 14.4 Å². The molecule has 0 spiro atoms. The van der Waals surface area contributed by atoms with Crippen molar-refractivity contribution in [2.75, 3.05) is 0 Å². The van der Waals surface area contributed by atoms with Crippen LogP contribution in [0.15, 0.2) is 162 Å². The minimum atomic E-state index is -0.119. The summed E-state index contributed by atoms with van der Waals surface area (Å²) in [6.45, 7) is 4.71. The smallest absolute Gasteiger partial charge is 0.161 e. The number of hydrogen-bond donors (Lipinski definition) is 0. The zero-order chi connectivity index (χ0) is 33.4. The molecule has 0 aliphatic heterocycles. The quantitative estimate of drug-likeness (QED) is 0.192. The molecule has 0 atom stereocenters. The highest BCUT2D eigenvalue weighted by molar-refractivity contribution is 6.07. The molecule has 10 rings (SSSR count). The maximum absolute atomic E-state index is 6.15. The zero-order valence-electron chi connectivity index (χ0n) is 27.8. The minimum Gasteiger partial charge on any atom is -0.456 e. The summed E-state index contributed by atoms with van der Waals surface area (Å²) in [4.78, 5) is 10.5. The number of aromatic nitrogens is 2. The van der Waals surface area contributed by atoms with Gasteiger partial charge in [-0.1, -0.05) is 135 Å². The number of para-hydroxylation sites is 1. The molecule has 0 N–H and O–H groups in total. The highest BCUT2D eigenvalue weighted by Crippen LogP contribution is 2.53. The van der Waals surface area contributed by atoms with Crippen LogP contribution in [-0.2, 0) is 5.41 Å². The maximum atomic E-state index is 6.15. The van der Waals surface area contributed by atoms with E-state index in [9.17, 15) is 0 Å². The third kappa shape index (κ3) is 4.30. The molecule has 2 aromatic heterocycles. The lowest BCUT2D eigenvalue weighted by Gasteiger charge is -2.25. The average molecular weight is 641 g/mol. The molecule has 2 heterocycles. The third-order valence-corrected chi connectivity index (χ3v) is 10.5. The van der Waals surface area contributed by atoms with Crippen molar-refractivity contribution in [2.24, 2.45) is 0 Å². The fraction of sp³-hybridized carbons (Fsp3) is 0.0638. The van der Waals surface area contributed by atoms with Crippen LogP contribution in [0.4, 0.5) is 0 Å². The molecule has 0 unspecified atom stereocenters. The second-order valence-corrected chi connectivity index (χ2v) is 13.7. The monoisotopic (exact) mass is 640 g/mol. The standard InChI is InChI=1S/C47H32N2O/c1-47(2)40-21-10-8-17-34(40)37-20-12-19-36(45(37)47)33-24-25-38(32-16-7-6-15-31(32)33)46-48-41(29-13-4-3-5-14-29)28-42(49-46)30-23-26-44-39(27-30)35-18-9-11-22-43(35)50-44/h3-28H,1-2H3. The molecule has 0 bridgehead atoms. The zero-order valence-corrected chi connectivity index (χ0v) is 27.8.